The van der Waals surface area contributed by atoms with Crippen LogP contribution in [0.1, 0.15) is 22.3 Å². The Kier molecular flexibility index (Phi) is 5.25. The molecular weight excluding hydrogens is 414 g/mol. The molecule has 0 radical (unpaired) electrons. The molecule has 2 fully saturated rings. The summed E-state index contributed by atoms with van der Waals surface area (Å²) in [6, 6.07) is 10.2. The smallest absolute Gasteiger partial charge is 0.337 e. The standard InChI is InChI=1S/C22H21F4N3O2/c1-27-12-19(30)29(18-7-3-6-17(23)11-18)14-21(27)8-9-28(13-21)20(31)15-4-2-5-16(10-15)22(24,25)26/h2-7,10-11H,8-9,12-14H2,1H3/t21-/m0/s1. The highest BCUT2D eigenvalue weighted by Crippen LogP contribution is 2.35. The number of likely N-dealkylation sites (tertiary alicyclic amines) is 1. The van der Waals surface area contributed by atoms with Gasteiger partial charge in [0.2, 0.25) is 5.91 Å². The molecule has 0 aliphatic carbocycles. The van der Waals surface area contributed by atoms with Crippen molar-refractivity contribution in [1.29, 1.82) is 0 Å². The highest BCUT2D eigenvalue weighted by Gasteiger charge is 2.49. The molecule has 5 nitrogen and oxygen atoms in total. The number of carbonyl (C=O) groups is 2. The molecule has 31 heavy (non-hydrogen) atoms. The summed E-state index contributed by atoms with van der Waals surface area (Å²) in [6.45, 7) is 0.975. The zero-order valence-electron chi connectivity index (χ0n) is 16.8. The summed E-state index contributed by atoms with van der Waals surface area (Å²) in [7, 11) is 1.79. The van der Waals surface area contributed by atoms with Crippen molar-refractivity contribution in [2.75, 3.05) is 38.1 Å². The monoisotopic (exact) mass is 435 g/mol. The van der Waals surface area contributed by atoms with Gasteiger partial charge in [0, 0.05) is 30.9 Å². The summed E-state index contributed by atoms with van der Waals surface area (Å²) in [5.41, 5.74) is -1.01. The van der Waals surface area contributed by atoms with Crippen molar-refractivity contribution >= 4 is 17.5 Å². The topological polar surface area (TPSA) is 43.9 Å². The number of alkyl halides is 3. The number of carbonyl (C=O) groups excluding carboxylic acids is 2. The van der Waals surface area contributed by atoms with E-state index in [1.54, 1.807) is 13.1 Å². The van der Waals surface area contributed by atoms with Crippen molar-refractivity contribution in [1.82, 2.24) is 9.80 Å². The van der Waals surface area contributed by atoms with Crippen LogP contribution in [0, 0.1) is 5.82 Å². The highest BCUT2D eigenvalue weighted by molar-refractivity contribution is 5.97. The van der Waals surface area contributed by atoms with E-state index < -0.39 is 29.0 Å². The molecule has 2 amide bonds. The fourth-order valence-corrected chi connectivity index (χ4v) is 4.32. The average Bonchev–Trinajstić information content (AvgIpc) is 3.15. The zero-order valence-corrected chi connectivity index (χ0v) is 16.8. The Bertz CT molecular complexity index is 1030. The number of benzene rings is 2. The number of hydrogen-bond acceptors (Lipinski definition) is 3. The van der Waals surface area contributed by atoms with Gasteiger partial charge >= 0.3 is 6.18 Å². The van der Waals surface area contributed by atoms with Crippen LogP contribution < -0.4 is 4.90 Å². The molecule has 164 valence electrons. The van der Waals surface area contributed by atoms with Crippen LogP contribution in [-0.4, -0.2) is 60.4 Å². The molecule has 0 N–H and O–H groups in total. The van der Waals surface area contributed by atoms with Gasteiger partial charge in [-0.2, -0.15) is 13.2 Å². The number of likely N-dealkylation sites (N-methyl/N-ethyl adjacent to an activating group) is 1. The van der Waals surface area contributed by atoms with Crippen molar-refractivity contribution in [3.05, 3.63) is 65.5 Å². The molecule has 1 atom stereocenters. The lowest BCUT2D eigenvalue weighted by atomic mass is 9.92. The average molecular weight is 435 g/mol. The van der Waals surface area contributed by atoms with Crippen molar-refractivity contribution in [2.45, 2.75) is 18.1 Å². The molecule has 4 rings (SSSR count). The van der Waals surface area contributed by atoms with Crippen molar-refractivity contribution in [3.63, 3.8) is 0 Å². The lowest BCUT2D eigenvalue weighted by Crippen LogP contribution is -2.64. The molecule has 9 heteroatoms. The van der Waals surface area contributed by atoms with Crippen molar-refractivity contribution in [3.8, 4) is 0 Å². The van der Waals surface area contributed by atoms with Gasteiger partial charge in [-0.3, -0.25) is 14.5 Å². The Morgan fingerprint density at radius 2 is 1.81 bits per heavy atom. The Labute approximate surface area is 176 Å². The van der Waals surface area contributed by atoms with E-state index in [1.165, 1.54) is 40.1 Å². The van der Waals surface area contributed by atoms with Gasteiger partial charge in [-0.1, -0.05) is 12.1 Å². The lowest BCUT2D eigenvalue weighted by molar-refractivity contribution is -0.137. The molecule has 1 spiro atoms. The van der Waals surface area contributed by atoms with Gasteiger partial charge < -0.3 is 9.80 Å². The second-order valence-corrected chi connectivity index (χ2v) is 8.10. The molecular formula is C22H21F4N3O2. The molecule has 2 aliphatic rings. The minimum atomic E-state index is -4.53. The molecule has 2 saturated heterocycles. The predicted molar refractivity (Wildman–Crippen MR) is 106 cm³/mol. The van der Waals surface area contributed by atoms with Crippen LogP contribution in [-0.2, 0) is 11.0 Å². The first-order chi connectivity index (χ1) is 14.6. The number of halogens is 4. The van der Waals surface area contributed by atoms with Crippen LogP contribution in [0.15, 0.2) is 48.5 Å². The first kappa shape index (κ1) is 21.3. The number of rotatable bonds is 2. The molecule has 0 bridgehead atoms. The third-order valence-electron chi connectivity index (χ3n) is 6.11. The minimum absolute atomic E-state index is 0.0246. The summed E-state index contributed by atoms with van der Waals surface area (Å²) < 4.78 is 52.7. The van der Waals surface area contributed by atoms with Gasteiger partial charge in [-0.05, 0) is 49.9 Å². The third kappa shape index (κ3) is 4.01. The maximum Gasteiger partial charge on any atom is 0.416 e. The minimum Gasteiger partial charge on any atom is -0.337 e. The Hall–Kier alpha value is -2.94. The summed E-state index contributed by atoms with van der Waals surface area (Å²) >= 11 is 0. The number of amides is 2. The predicted octanol–water partition coefficient (Wildman–Crippen LogP) is 3.41. The number of nitrogens with zero attached hydrogens (tertiary/aromatic N) is 3. The number of hydrogen-bond donors (Lipinski definition) is 0. The largest absolute Gasteiger partial charge is 0.416 e. The van der Waals surface area contributed by atoms with Gasteiger partial charge in [0.15, 0.2) is 0 Å². The molecule has 0 aromatic heterocycles. The summed E-state index contributed by atoms with van der Waals surface area (Å²) in [5.74, 6) is -1.11. The number of anilines is 1. The maximum atomic E-state index is 13.7. The van der Waals surface area contributed by atoms with Crippen LogP contribution in [0.4, 0.5) is 23.2 Å². The van der Waals surface area contributed by atoms with Crippen LogP contribution in [0.5, 0.6) is 0 Å². The van der Waals surface area contributed by atoms with Gasteiger partial charge in [0.05, 0.1) is 17.6 Å². The Morgan fingerprint density at radius 1 is 1.06 bits per heavy atom. The van der Waals surface area contributed by atoms with E-state index in [1.807, 2.05) is 4.90 Å². The SMILES string of the molecule is CN1CC(=O)N(c2cccc(F)c2)C[C@@]12CCN(C(=O)c1cccc(C(F)(F)F)c1)C2. The number of piperazine rings is 1. The maximum absolute atomic E-state index is 13.7. The van der Waals surface area contributed by atoms with E-state index >= 15 is 0 Å². The third-order valence-corrected chi connectivity index (χ3v) is 6.11. The first-order valence-corrected chi connectivity index (χ1v) is 9.83. The van der Waals surface area contributed by atoms with Crippen LogP contribution in [0.2, 0.25) is 0 Å². The highest BCUT2D eigenvalue weighted by atomic mass is 19.4. The Morgan fingerprint density at radius 3 is 2.52 bits per heavy atom. The van der Waals surface area contributed by atoms with E-state index in [0.29, 0.717) is 18.7 Å². The van der Waals surface area contributed by atoms with E-state index in [0.717, 1.165) is 12.1 Å². The zero-order chi connectivity index (χ0) is 22.4. The van der Waals surface area contributed by atoms with Crippen LogP contribution >= 0.6 is 0 Å². The molecule has 2 aromatic carbocycles. The van der Waals surface area contributed by atoms with Gasteiger partial charge in [-0.25, -0.2) is 4.39 Å². The van der Waals surface area contributed by atoms with Gasteiger partial charge in [0.1, 0.15) is 5.82 Å². The quantitative estimate of drug-likeness (QED) is 0.680. The van der Waals surface area contributed by atoms with Gasteiger partial charge in [-0.15, -0.1) is 0 Å². The molecule has 2 heterocycles. The fourth-order valence-electron chi connectivity index (χ4n) is 4.32. The summed E-state index contributed by atoms with van der Waals surface area (Å²) in [4.78, 5) is 30.4. The molecule has 0 saturated carbocycles. The molecule has 2 aliphatic heterocycles. The van der Waals surface area contributed by atoms with Gasteiger partial charge in [0.25, 0.3) is 5.91 Å². The lowest BCUT2D eigenvalue weighted by Gasteiger charge is -2.46. The summed E-state index contributed by atoms with van der Waals surface area (Å²) in [5, 5.41) is 0. The second-order valence-electron chi connectivity index (χ2n) is 8.10. The fraction of sp³-hybridized carbons (Fsp3) is 0.364. The first-order valence-electron chi connectivity index (χ1n) is 9.83. The van der Waals surface area contributed by atoms with Crippen molar-refractivity contribution < 1.29 is 27.2 Å². The van der Waals surface area contributed by atoms with Crippen molar-refractivity contribution in [2.24, 2.45) is 0 Å². The normalized spacial score (nSPS) is 22.4. The van der Waals surface area contributed by atoms with E-state index in [9.17, 15) is 27.2 Å². The Balaban J connectivity index is 1.56. The van der Waals surface area contributed by atoms with E-state index in [2.05, 4.69) is 0 Å². The second kappa shape index (κ2) is 7.64. The molecule has 0 unspecified atom stereocenters. The van der Waals surface area contributed by atoms with E-state index in [4.69, 9.17) is 0 Å². The molecule has 2 aromatic rings. The van der Waals surface area contributed by atoms with Crippen LogP contribution in [0.3, 0.4) is 0 Å². The van der Waals surface area contributed by atoms with E-state index in [-0.39, 0.29) is 31.1 Å². The summed E-state index contributed by atoms with van der Waals surface area (Å²) in [6.07, 6.45) is -3.98. The van der Waals surface area contributed by atoms with Crippen LogP contribution in [0.25, 0.3) is 0 Å².